The van der Waals surface area contributed by atoms with Crippen LogP contribution in [0.4, 0.5) is 11.4 Å². The number of carbonyl (C=O) groups is 1. The highest BCUT2D eigenvalue weighted by molar-refractivity contribution is 6.05. The number of hydrogen-bond acceptors (Lipinski definition) is 7. The van der Waals surface area contributed by atoms with Crippen molar-refractivity contribution in [3.8, 4) is 23.3 Å². The Morgan fingerprint density at radius 1 is 0.975 bits per heavy atom. The third-order valence-electron chi connectivity index (χ3n) is 8.04. The lowest BCUT2D eigenvalue weighted by atomic mass is 10.0. The van der Waals surface area contributed by atoms with Gasteiger partial charge in [-0.05, 0) is 63.1 Å². The summed E-state index contributed by atoms with van der Waals surface area (Å²) < 4.78 is 18.3. The minimum absolute atomic E-state index is 0.220. The molecule has 2 aliphatic rings. The van der Waals surface area contributed by atoms with Crippen molar-refractivity contribution >= 4 is 17.3 Å². The number of benzene rings is 2. The van der Waals surface area contributed by atoms with Crippen LogP contribution in [-0.2, 0) is 4.74 Å². The largest absolute Gasteiger partial charge is 0.493 e. The quantitative estimate of drug-likeness (QED) is 0.468. The van der Waals surface area contributed by atoms with Gasteiger partial charge in [-0.1, -0.05) is 0 Å². The predicted octanol–water partition coefficient (Wildman–Crippen LogP) is 4.54. The molecule has 2 aromatic carbocycles. The molecule has 3 heterocycles. The molecule has 2 saturated heterocycles. The van der Waals surface area contributed by atoms with Gasteiger partial charge in [-0.3, -0.25) is 9.69 Å². The van der Waals surface area contributed by atoms with Gasteiger partial charge in [-0.15, -0.1) is 0 Å². The van der Waals surface area contributed by atoms with E-state index in [1.807, 2.05) is 54.8 Å². The predicted molar refractivity (Wildman–Crippen MR) is 155 cm³/mol. The molecule has 0 bridgehead atoms. The minimum atomic E-state index is -0.220. The van der Waals surface area contributed by atoms with Crippen LogP contribution in [0, 0.1) is 25.2 Å². The van der Waals surface area contributed by atoms with E-state index in [1.54, 1.807) is 20.3 Å². The van der Waals surface area contributed by atoms with E-state index in [-0.39, 0.29) is 5.91 Å². The number of methoxy groups -OCH3 is 2. The summed E-state index contributed by atoms with van der Waals surface area (Å²) in [5, 5.41) is 12.9. The van der Waals surface area contributed by atoms with E-state index < -0.39 is 0 Å². The Labute approximate surface area is 235 Å². The molecule has 3 aromatic rings. The smallest absolute Gasteiger partial charge is 0.257 e. The number of nitrogens with one attached hydrogen (secondary N) is 1. The van der Waals surface area contributed by atoms with E-state index in [0.717, 1.165) is 75.0 Å². The third kappa shape index (κ3) is 5.51. The summed E-state index contributed by atoms with van der Waals surface area (Å²) in [6.45, 7) is 9.32. The first-order chi connectivity index (χ1) is 19.4. The maximum Gasteiger partial charge on any atom is 0.257 e. The van der Waals surface area contributed by atoms with Crippen LogP contribution in [0.25, 0.3) is 5.69 Å². The van der Waals surface area contributed by atoms with Gasteiger partial charge >= 0.3 is 0 Å². The van der Waals surface area contributed by atoms with Crippen molar-refractivity contribution in [1.82, 2.24) is 9.47 Å². The summed E-state index contributed by atoms with van der Waals surface area (Å²) in [5.41, 5.74) is 5.27. The molecule has 1 aromatic heterocycles. The number of rotatable bonds is 7. The van der Waals surface area contributed by atoms with Crippen LogP contribution >= 0.6 is 0 Å². The Balaban J connectivity index is 1.30. The van der Waals surface area contributed by atoms with E-state index in [9.17, 15) is 10.1 Å². The molecule has 0 spiro atoms. The number of anilines is 2. The van der Waals surface area contributed by atoms with E-state index >= 15 is 0 Å². The molecule has 9 heteroatoms. The molecule has 210 valence electrons. The number of hydrogen-bond donors (Lipinski definition) is 1. The third-order valence-corrected chi connectivity index (χ3v) is 8.04. The zero-order chi connectivity index (χ0) is 28.2. The first kappa shape index (κ1) is 27.6. The highest BCUT2D eigenvalue weighted by Crippen LogP contribution is 2.32. The van der Waals surface area contributed by atoms with Gasteiger partial charge < -0.3 is 29.0 Å². The Morgan fingerprint density at radius 3 is 2.38 bits per heavy atom. The Hall–Kier alpha value is -4.00. The first-order valence-electron chi connectivity index (χ1n) is 13.8. The lowest BCUT2D eigenvalue weighted by Crippen LogP contribution is -2.49. The molecule has 2 fully saturated rings. The topological polar surface area (TPSA) is 92.0 Å². The summed E-state index contributed by atoms with van der Waals surface area (Å²) >= 11 is 0. The molecule has 5 rings (SSSR count). The van der Waals surface area contributed by atoms with E-state index in [4.69, 9.17) is 14.2 Å². The van der Waals surface area contributed by atoms with Crippen molar-refractivity contribution in [2.75, 3.05) is 63.8 Å². The molecule has 1 amide bonds. The van der Waals surface area contributed by atoms with Gasteiger partial charge in [0.15, 0.2) is 11.5 Å². The SMILES string of the molecule is COc1ccc(-n2c(C)cc(C(=O)Nc3ccc(N4CCC(N5CCOCC5)CC4)c(C#N)c3)c2C)cc1OC. The number of nitrogens with zero attached hydrogens (tertiary/aromatic N) is 4. The zero-order valence-corrected chi connectivity index (χ0v) is 23.7. The molecule has 0 unspecified atom stereocenters. The molecule has 0 atom stereocenters. The summed E-state index contributed by atoms with van der Waals surface area (Å²) in [7, 11) is 3.20. The zero-order valence-electron chi connectivity index (χ0n) is 23.7. The number of piperidine rings is 1. The number of carbonyl (C=O) groups excluding carboxylic acids is 1. The van der Waals surface area contributed by atoms with Crippen LogP contribution in [-0.4, -0.2) is 75.0 Å². The number of amides is 1. The minimum Gasteiger partial charge on any atom is -0.493 e. The Bertz CT molecular complexity index is 1410. The van der Waals surface area contributed by atoms with Crippen LogP contribution in [0.15, 0.2) is 42.5 Å². The van der Waals surface area contributed by atoms with Crippen molar-refractivity contribution in [2.24, 2.45) is 0 Å². The second kappa shape index (κ2) is 12.0. The lowest BCUT2D eigenvalue weighted by molar-refractivity contribution is 0.0115. The van der Waals surface area contributed by atoms with Crippen LogP contribution in [0.2, 0.25) is 0 Å². The van der Waals surface area contributed by atoms with Crippen molar-refractivity contribution in [1.29, 1.82) is 5.26 Å². The van der Waals surface area contributed by atoms with Crippen LogP contribution in [0.3, 0.4) is 0 Å². The van der Waals surface area contributed by atoms with Crippen LogP contribution < -0.4 is 19.7 Å². The van der Waals surface area contributed by atoms with Crippen molar-refractivity contribution < 1.29 is 19.0 Å². The molecule has 0 saturated carbocycles. The van der Waals surface area contributed by atoms with Gasteiger partial charge in [0.1, 0.15) is 6.07 Å². The number of aromatic nitrogens is 1. The molecule has 0 aliphatic carbocycles. The van der Waals surface area contributed by atoms with E-state index in [2.05, 4.69) is 21.2 Å². The van der Waals surface area contributed by atoms with Gasteiger partial charge in [0.2, 0.25) is 0 Å². The molecule has 9 nitrogen and oxygen atoms in total. The van der Waals surface area contributed by atoms with Crippen molar-refractivity contribution in [3.63, 3.8) is 0 Å². The summed E-state index contributed by atoms with van der Waals surface area (Å²) in [6.07, 6.45) is 2.14. The van der Waals surface area contributed by atoms with Gasteiger partial charge in [0.25, 0.3) is 5.91 Å². The second-order valence-electron chi connectivity index (χ2n) is 10.3. The van der Waals surface area contributed by atoms with Crippen LogP contribution in [0.1, 0.15) is 40.2 Å². The van der Waals surface area contributed by atoms with E-state index in [1.165, 1.54) is 0 Å². The normalized spacial score (nSPS) is 16.4. The highest BCUT2D eigenvalue weighted by Gasteiger charge is 2.27. The maximum atomic E-state index is 13.4. The first-order valence-corrected chi connectivity index (χ1v) is 13.8. The monoisotopic (exact) mass is 543 g/mol. The van der Waals surface area contributed by atoms with Gasteiger partial charge in [-0.2, -0.15) is 5.26 Å². The molecular formula is C31H37N5O4. The van der Waals surface area contributed by atoms with Gasteiger partial charge in [0.05, 0.1) is 44.2 Å². The molecule has 2 aliphatic heterocycles. The highest BCUT2D eigenvalue weighted by atomic mass is 16.5. The standard InChI is InChI=1S/C31H37N5O4/c1-21-17-27(22(2)36(21)26-6-8-29(38-3)30(19-26)39-4)31(37)33-24-5-7-28(23(18-24)20-32)35-11-9-25(10-12-35)34-13-15-40-16-14-34/h5-8,17-19,25H,9-16H2,1-4H3,(H,33,37). The van der Waals surface area contributed by atoms with Crippen LogP contribution in [0.5, 0.6) is 11.5 Å². The molecular weight excluding hydrogens is 506 g/mol. The second-order valence-corrected chi connectivity index (χ2v) is 10.3. The number of aryl methyl sites for hydroxylation is 1. The Morgan fingerprint density at radius 2 is 1.70 bits per heavy atom. The fourth-order valence-electron chi connectivity index (χ4n) is 5.95. The lowest BCUT2D eigenvalue weighted by Gasteiger charge is -2.41. The average molecular weight is 544 g/mol. The fourth-order valence-corrected chi connectivity index (χ4v) is 5.95. The molecule has 1 N–H and O–H groups in total. The number of nitriles is 1. The Kier molecular flexibility index (Phi) is 8.29. The summed E-state index contributed by atoms with van der Waals surface area (Å²) in [5.74, 6) is 1.04. The van der Waals surface area contributed by atoms with Crippen molar-refractivity contribution in [3.05, 3.63) is 65.0 Å². The number of ether oxygens (including phenoxy) is 3. The van der Waals surface area contributed by atoms with Gasteiger partial charge in [0, 0.05) is 61.0 Å². The average Bonchev–Trinajstić information content (AvgIpc) is 3.30. The van der Waals surface area contributed by atoms with Gasteiger partial charge in [-0.25, -0.2) is 0 Å². The van der Waals surface area contributed by atoms with E-state index in [0.29, 0.717) is 34.4 Å². The molecule has 0 radical (unpaired) electrons. The number of morpholine rings is 1. The fraction of sp³-hybridized carbons (Fsp3) is 0.419. The van der Waals surface area contributed by atoms with Crippen molar-refractivity contribution in [2.45, 2.75) is 32.7 Å². The maximum absolute atomic E-state index is 13.4. The molecule has 40 heavy (non-hydrogen) atoms. The summed E-state index contributed by atoms with van der Waals surface area (Å²) in [6, 6.07) is 16.1. The summed E-state index contributed by atoms with van der Waals surface area (Å²) in [4.78, 5) is 18.2.